The van der Waals surface area contributed by atoms with E-state index in [9.17, 15) is 43.2 Å². The van der Waals surface area contributed by atoms with Crippen LogP contribution in [0.3, 0.4) is 0 Å². The molecule has 0 radical (unpaired) electrons. The summed E-state index contributed by atoms with van der Waals surface area (Å²) < 4.78 is 68.3. The molecule has 0 aromatic carbocycles. The summed E-state index contributed by atoms with van der Waals surface area (Å²) >= 11 is 0. The molecule has 0 aromatic rings. The number of aliphatic hydroxyl groups excluding tert-OH is 1. The van der Waals surface area contributed by atoms with Gasteiger partial charge in [-0.3, -0.25) is 37.3 Å². The number of phosphoric acid groups is 2. The number of carbonyl (C=O) groups excluding carboxylic acids is 4. The quantitative estimate of drug-likeness (QED) is 0.0222. The van der Waals surface area contributed by atoms with E-state index in [1.165, 1.54) is 154 Å². The van der Waals surface area contributed by atoms with Crippen molar-refractivity contribution in [1.29, 1.82) is 0 Å². The fraction of sp³-hybridized carbons (Fsp3) is 0.944. The zero-order valence-corrected chi connectivity index (χ0v) is 61.3. The van der Waals surface area contributed by atoms with Gasteiger partial charge in [0.15, 0.2) is 12.2 Å². The van der Waals surface area contributed by atoms with Crippen LogP contribution >= 0.6 is 15.6 Å². The second-order valence-corrected chi connectivity index (χ2v) is 30.8. The summed E-state index contributed by atoms with van der Waals surface area (Å²) in [4.78, 5) is 72.6. The molecule has 0 bridgehead atoms. The summed E-state index contributed by atoms with van der Waals surface area (Å²) in [5.74, 6) is 0.837. The van der Waals surface area contributed by atoms with Gasteiger partial charge in [0.25, 0.3) is 0 Å². The number of rotatable bonds is 69. The minimum atomic E-state index is -4.95. The SMILES string of the molecule is CC(C)CCCCCCCCCCCCCCCC(=O)O[C@H](COC(=O)CCCCCCCCCCCCCCC(C)C)COP(=O)(O)OC[C@@H](O)COP(=O)(O)OC[C@@H](COC(=O)CCCCCCCCC(C)C)OC(=O)CCCCCCCCCCC(C)C. The first-order valence-corrected chi connectivity index (χ1v) is 40.2. The van der Waals surface area contributed by atoms with Crippen molar-refractivity contribution in [1.82, 2.24) is 0 Å². The Bertz CT molecular complexity index is 1800. The molecule has 2 unspecified atom stereocenters. The number of aliphatic hydroxyl groups is 1. The third-order valence-corrected chi connectivity index (χ3v) is 18.5. The van der Waals surface area contributed by atoms with E-state index in [2.05, 4.69) is 55.4 Å². The molecular weight excluding hydrogens is 1200 g/mol. The van der Waals surface area contributed by atoms with E-state index < -0.39 is 97.5 Å². The highest BCUT2D eigenvalue weighted by atomic mass is 31.2. The van der Waals surface area contributed by atoms with Crippen LogP contribution in [0.25, 0.3) is 0 Å². The Labute approximate surface area is 556 Å². The van der Waals surface area contributed by atoms with Crippen molar-refractivity contribution in [2.24, 2.45) is 23.7 Å². The Morgan fingerprint density at radius 3 is 0.681 bits per heavy atom. The Balaban J connectivity index is 5.24. The zero-order valence-electron chi connectivity index (χ0n) is 59.5. The molecule has 540 valence electrons. The maximum atomic E-state index is 13.0. The topological polar surface area (TPSA) is 237 Å². The van der Waals surface area contributed by atoms with E-state index in [1.807, 2.05) is 0 Å². The molecule has 0 aliphatic heterocycles. The molecule has 91 heavy (non-hydrogen) atoms. The highest BCUT2D eigenvalue weighted by Crippen LogP contribution is 2.45. The molecular formula is C72H140O17P2. The Kier molecular flexibility index (Phi) is 60.3. The van der Waals surface area contributed by atoms with Crippen molar-refractivity contribution in [3.8, 4) is 0 Å². The third kappa shape index (κ3) is 66.5. The first kappa shape index (κ1) is 89.1. The maximum absolute atomic E-state index is 13.0. The highest BCUT2D eigenvalue weighted by molar-refractivity contribution is 7.47. The van der Waals surface area contributed by atoms with Gasteiger partial charge in [0.1, 0.15) is 19.3 Å². The predicted octanol–water partition coefficient (Wildman–Crippen LogP) is 20.5. The molecule has 3 N–H and O–H groups in total. The average molecular weight is 1340 g/mol. The molecule has 0 spiro atoms. The second-order valence-electron chi connectivity index (χ2n) is 27.9. The summed E-state index contributed by atoms with van der Waals surface area (Å²) in [7, 11) is -9.90. The van der Waals surface area contributed by atoms with Crippen LogP contribution in [0.2, 0.25) is 0 Å². The Morgan fingerprint density at radius 1 is 0.275 bits per heavy atom. The van der Waals surface area contributed by atoms with Crippen LogP contribution < -0.4 is 0 Å². The van der Waals surface area contributed by atoms with Crippen LogP contribution in [0.15, 0.2) is 0 Å². The van der Waals surface area contributed by atoms with Gasteiger partial charge in [-0.25, -0.2) is 9.13 Å². The number of hydrogen-bond acceptors (Lipinski definition) is 15. The molecule has 0 saturated heterocycles. The molecule has 17 nitrogen and oxygen atoms in total. The van der Waals surface area contributed by atoms with Gasteiger partial charge in [0, 0.05) is 25.7 Å². The van der Waals surface area contributed by atoms with E-state index >= 15 is 0 Å². The number of unbranched alkanes of at least 4 members (excludes halogenated alkanes) is 35. The highest BCUT2D eigenvalue weighted by Gasteiger charge is 2.30. The summed E-state index contributed by atoms with van der Waals surface area (Å²) in [5, 5.41) is 10.6. The van der Waals surface area contributed by atoms with Gasteiger partial charge >= 0.3 is 39.5 Å². The number of hydrogen-bond donors (Lipinski definition) is 3. The smallest absolute Gasteiger partial charge is 0.462 e. The normalized spacial score (nSPS) is 14.2. The van der Waals surface area contributed by atoms with Crippen molar-refractivity contribution in [2.75, 3.05) is 39.6 Å². The van der Waals surface area contributed by atoms with Gasteiger partial charge < -0.3 is 33.8 Å². The molecule has 0 aromatic heterocycles. The van der Waals surface area contributed by atoms with Gasteiger partial charge in [-0.05, 0) is 49.4 Å². The fourth-order valence-electron chi connectivity index (χ4n) is 10.8. The number of phosphoric ester groups is 2. The molecule has 0 aliphatic rings. The molecule has 0 aliphatic carbocycles. The summed E-state index contributed by atoms with van der Waals surface area (Å²) in [5.41, 5.74) is 0. The molecule has 0 rings (SSSR count). The average Bonchev–Trinajstić information content (AvgIpc) is 2.00. The van der Waals surface area contributed by atoms with Crippen molar-refractivity contribution < 1.29 is 80.2 Å². The van der Waals surface area contributed by atoms with Gasteiger partial charge in [0.05, 0.1) is 26.4 Å². The van der Waals surface area contributed by atoms with Crippen LogP contribution in [-0.2, 0) is 65.4 Å². The first-order valence-electron chi connectivity index (χ1n) is 37.2. The lowest BCUT2D eigenvalue weighted by Crippen LogP contribution is -2.30. The van der Waals surface area contributed by atoms with Crippen LogP contribution in [0.1, 0.15) is 357 Å². The number of esters is 4. The maximum Gasteiger partial charge on any atom is 0.472 e. The molecule has 0 fully saturated rings. The molecule has 0 amide bonds. The minimum absolute atomic E-state index is 0.103. The van der Waals surface area contributed by atoms with Crippen molar-refractivity contribution in [2.45, 2.75) is 375 Å². The summed E-state index contributed by atoms with van der Waals surface area (Å²) in [6.07, 6.45) is 44.6. The fourth-order valence-corrected chi connectivity index (χ4v) is 12.4. The van der Waals surface area contributed by atoms with Crippen LogP contribution in [0.5, 0.6) is 0 Å². The van der Waals surface area contributed by atoms with Crippen molar-refractivity contribution in [3.63, 3.8) is 0 Å². The van der Waals surface area contributed by atoms with Gasteiger partial charge in [-0.2, -0.15) is 0 Å². The summed E-state index contributed by atoms with van der Waals surface area (Å²) in [6.45, 7) is 14.1. The molecule has 0 saturated carbocycles. The number of carbonyl (C=O) groups is 4. The summed E-state index contributed by atoms with van der Waals surface area (Å²) in [6, 6.07) is 0. The third-order valence-electron chi connectivity index (χ3n) is 16.6. The monoisotopic (exact) mass is 1340 g/mol. The standard InChI is InChI=1S/C72H140O17P2/c1-62(2)48-40-32-24-18-14-10-9-11-17-21-28-38-46-54-71(76)88-67(58-82-69(74)52-44-36-27-20-16-13-12-15-19-25-33-41-49-63(3)4)60-86-90(78,79)84-56-66(73)57-85-91(80,81)87-61-68(59-83-70(75)53-45-37-31-30-35-43-51-65(7)8)89-72(77)55-47-39-29-23-22-26-34-42-50-64(5)6/h62-68,73H,9-61H2,1-8H3,(H,78,79)(H,80,81)/t66-,67-,68-/m1/s1. The minimum Gasteiger partial charge on any atom is -0.462 e. The first-order chi connectivity index (χ1) is 43.6. The van der Waals surface area contributed by atoms with E-state index in [0.717, 1.165) is 114 Å². The van der Waals surface area contributed by atoms with Crippen LogP contribution in [0, 0.1) is 23.7 Å². The number of ether oxygens (including phenoxy) is 4. The molecule has 19 heteroatoms. The largest absolute Gasteiger partial charge is 0.472 e. The predicted molar refractivity (Wildman–Crippen MR) is 367 cm³/mol. The van der Waals surface area contributed by atoms with Crippen LogP contribution in [0.4, 0.5) is 0 Å². The second kappa shape index (κ2) is 61.6. The van der Waals surface area contributed by atoms with Crippen LogP contribution in [-0.4, -0.2) is 96.7 Å². The lowest BCUT2D eigenvalue weighted by atomic mass is 10.0. The zero-order chi connectivity index (χ0) is 67.5. The van der Waals surface area contributed by atoms with Crippen molar-refractivity contribution in [3.05, 3.63) is 0 Å². The van der Waals surface area contributed by atoms with E-state index in [-0.39, 0.29) is 25.7 Å². The van der Waals surface area contributed by atoms with E-state index in [1.54, 1.807) is 0 Å². The molecule has 5 atom stereocenters. The Morgan fingerprint density at radius 2 is 0.462 bits per heavy atom. The Hall–Kier alpha value is -1.94. The van der Waals surface area contributed by atoms with Crippen molar-refractivity contribution >= 4 is 39.5 Å². The van der Waals surface area contributed by atoms with Gasteiger partial charge in [-0.1, -0.05) is 306 Å². The van der Waals surface area contributed by atoms with E-state index in [0.29, 0.717) is 31.6 Å². The van der Waals surface area contributed by atoms with Gasteiger partial charge in [0.2, 0.25) is 0 Å². The lowest BCUT2D eigenvalue weighted by molar-refractivity contribution is -0.161. The lowest BCUT2D eigenvalue weighted by Gasteiger charge is -2.21. The van der Waals surface area contributed by atoms with E-state index in [4.69, 9.17) is 37.0 Å². The van der Waals surface area contributed by atoms with Gasteiger partial charge in [-0.15, -0.1) is 0 Å². The molecule has 0 heterocycles.